The van der Waals surface area contributed by atoms with Crippen LogP contribution in [0.4, 0.5) is 10.1 Å². The fourth-order valence-corrected chi connectivity index (χ4v) is 1.28. The molecule has 0 unspecified atom stereocenters. The zero-order chi connectivity index (χ0) is 10.6. The molecule has 0 fully saturated rings. The second-order valence-electron chi connectivity index (χ2n) is 2.84. The summed E-state index contributed by atoms with van der Waals surface area (Å²) in [4.78, 5) is 0. The maximum Gasteiger partial charge on any atom is 0.153 e. The minimum atomic E-state index is -0.202. The third kappa shape index (κ3) is 1.97. The van der Waals surface area contributed by atoms with Crippen LogP contribution < -0.4 is 10.1 Å². The van der Waals surface area contributed by atoms with Crippen LogP contribution in [0.1, 0.15) is 19.4 Å². The van der Waals surface area contributed by atoms with E-state index in [1.54, 1.807) is 19.1 Å². The summed E-state index contributed by atoms with van der Waals surface area (Å²) >= 11 is 0. The highest BCUT2D eigenvalue weighted by Crippen LogP contribution is 2.31. The number of aryl methyl sites for hydroxylation is 1. The second-order valence-corrected chi connectivity index (χ2v) is 2.84. The van der Waals surface area contributed by atoms with Crippen molar-refractivity contribution in [2.45, 2.75) is 20.8 Å². The van der Waals surface area contributed by atoms with Gasteiger partial charge in [-0.3, -0.25) is 0 Å². The number of anilines is 1. The molecule has 0 bridgehead atoms. The zero-order valence-corrected chi connectivity index (χ0v) is 8.86. The molecule has 78 valence electrons. The quantitative estimate of drug-likeness (QED) is 0.690. The molecule has 2 rings (SSSR count). The Labute approximate surface area is 84.1 Å². The molecule has 2 nitrogen and oxygen atoms in total. The van der Waals surface area contributed by atoms with E-state index >= 15 is 0 Å². The number of nitrogens with one attached hydrogen (secondary N) is 1. The van der Waals surface area contributed by atoms with E-state index in [4.69, 9.17) is 4.74 Å². The second kappa shape index (κ2) is 4.84. The number of rotatable bonds is 0. The Morgan fingerprint density at radius 2 is 2.07 bits per heavy atom. The number of fused-ring (bicyclic) bond motifs is 1. The molecule has 1 aliphatic heterocycles. The summed E-state index contributed by atoms with van der Waals surface area (Å²) in [6, 6.07) is 3.51. The fraction of sp³-hybridized carbons (Fsp3) is 0.455. The van der Waals surface area contributed by atoms with Crippen LogP contribution in [0.5, 0.6) is 5.75 Å². The van der Waals surface area contributed by atoms with Gasteiger partial charge in [-0.1, -0.05) is 19.9 Å². The van der Waals surface area contributed by atoms with Crippen LogP contribution >= 0.6 is 0 Å². The van der Waals surface area contributed by atoms with Crippen molar-refractivity contribution in [3.8, 4) is 5.75 Å². The lowest BCUT2D eigenvalue weighted by molar-refractivity contribution is 0.320. The van der Waals surface area contributed by atoms with Gasteiger partial charge in [0.25, 0.3) is 0 Å². The van der Waals surface area contributed by atoms with Gasteiger partial charge in [0, 0.05) is 6.54 Å². The Morgan fingerprint density at radius 1 is 1.36 bits per heavy atom. The highest BCUT2D eigenvalue weighted by atomic mass is 19.1. The van der Waals surface area contributed by atoms with Crippen molar-refractivity contribution >= 4 is 5.69 Å². The number of ether oxygens (including phenoxy) is 1. The van der Waals surface area contributed by atoms with Gasteiger partial charge in [0.05, 0.1) is 0 Å². The van der Waals surface area contributed by atoms with Crippen LogP contribution in [0.3, 0.4) is 0 Å². The molecule has 14 heavy (non-hydrogen) atoms. The predicted molar refractivity (Wildman–Crippen MR) is 56.5 cm³/mol. The average Bonchev–Trinajstić information content (AvgIpc) is 2.27. The monoisotopic (exact) mass is 197 g/mol. The van der Waals surface area contributed by atoms with Crippen molar-refractivity contribution in [3.63, 3.8) is 0 Å². The van der Waals surface area contributed by atoms with Crippen molar-refractivity contribution in [2.24, 2.45) is 0 Å². The summed E-state index contributed by atoms with van der Waals surface area (Å²) in [5, 5.41) is 2.97. The highest BCUT2D eigenvalue weighted by Gasteiger charge is 2.14. The molecule has 1 heterocycles. The summed E-state index contributed by atoms with van der Waals surface area (Å²) in [5.41, 5.74) is 1.15. The lowest BCUT2D eigenvalue weighted by atomic mass is 10.2. The number of hydrogen-bond acceptors (Lipinski definition) is 2. The van der Waals surface area contributed by atoms with Gasteiger partial charge < -0.3 is 10.1 Å². The van der Waals surface area contributed by atoms with Crippen molar-refractivity contribution in [2.75, 3.05) is 18.5 Å². The first-order valence-corrected chi connectivity index (χ1v) is 4.95. The van der Waals surface area contributed by atoms with E-state index in [1.165, 1.54) is 0 Å². The van der Waals surface area contributed by atoms with Crippen LogP contribution in [0, 0.1) is 12.7 Å². The van der Waals surface area contributed by atoms with Gasteiger partial charge in [-0.25, -0.2) is 4.39 Å². The van der Waals surface area contributed by atoms with Crippen molar-refractivity contribution in [1.29, 1.82) is 0 Å². The van der Waals surface area contributed by atoms with Crippen LogP contribution in [-0.2, 0) is 0 Å². The van der Waals surface area contributed by atoms with Crippen LogP contribution in [-0.4, -0.2) is 13.2 Å². The topological polar surface area (TPSA) is 21.3 Å². The van der Waals surface area contributed by atoms with Crippen LogP contribution in [0.25, 0.3) is 0 Å². The predicted octanol–water partition coefficient (Wildman–Crippen LogP) is 2.96. The molecule has 1 aromatic rings. The molecule has 0 spiro atoms. The zero-order valence-electron chi connectivity index (χ0n) is 8.86. The van der Waals surface area contributed by atoms with E-state index in [9.17, 15) is 4.39 Å². The Morgan fingerprint density at radius 3 is 2.79 bits per heavy atom. The molecule has 0 saturated heterocycles. The van der Waals surface area contributed by atoms with Crippen molar-refractivity contribution in [1.82, 2.24) is 0 Å². The van der Waals surface area contributed by atoms with Gasteiger partial charge >= 0.3 is 0 Å². The summed E-state index contributed by atoms with van der Waals surface area (Å²) in [7, 11) is 0. The average molecular weight is 197 g/mol. The first-order chi connectivity index (χ1) is 6.79. The molecule has 1 N–H and O–H groups in total. The van der Waals surface area contributed by atoms with E-state index in [2.05, 4.69) is 5.32 Å². The van der Waals surface area contributed by atoms with E-state index in [0.29, 0.717) is 30.2 Å². The summed E-state index contributed by atoms with van der Waals surface area (Å²) in [6.07, 6.45) is 0. The Balaban J connectivity index is 0.000000461. The molecule has 0 aromatic heterocycles. The van der Waals surface area contributed by atoms with E-state index < -0.39 is 0 Å². The first kappa shape index (κ1) is 10.8. The lowest BCUT2D eigenvalue weighted by Gasteiger charge is -2.19. The molecule has 0 amide bonds. The normalized spacial score (nSPS) is 12.9. The fourth-order valence-electron chi connectivity index (χ4n) is 1.28. The number of benzene rings is 1. The molecule has 0 aliphatic carbocycles. The summed E-state index contributed by atoms with van der Waals surface area (Å²) < 4.78 is 18.6. The van der Waals surface area contributed by atoms with E-state index in [-0.39, 0.29) is 5.82 Å². The molecule has 0 saturated carbocycles. The van der Waals surface area contributed by atoms with E-state index in [0.717, 1.165) is 0 Å². The van der Waals surface area contributed by atoms with Gasteiger partial charge in [-0.15, -0.1) is 0 Å². The standard InChI is InChI=1S/C9H10FNO.C2H6/c1-6-2-3-7-9(8(6)10)11-4-5-12-7;1-2/h2-3,11H,4-5H2,1H3;1-2H3. The molecular formula is C11H16FNO. The van der Waals surface area contributed by atoms with Crippen LogP contribution in [0.2, 0.25) is 0 Å². The SMILES string of the molecule is CC.Cc1ccc2c(c1F)NCCO2. The minimum Gasteiger partial charge on any atom is -0.489 e. The van der Waals surface area contributed by atoms with E-state index in [1.807, 2.05) is 13.8 Å². The van der Waals surface area contributed by atoms with Crippen molar-refractivity contribution < 1.29 is 9.13 Å². The number of hydrogen-bond donors (Lipinski definition) is 1. The van der Waals surface area contributed by atoms with Crippen molar-refractivity contribution in [3.05, 3.63) is 23.5 Å². The summed E-state index contributed by atoms with van der Waals surface area (Å²) in [5.74, 6) is 0.413. The smallest absolute Gasteiger partial charge is 0.153 e. The van der Waals surface area contributed by atoms with Gasteiger partial charge in [0.1, 0.15) is 18.0 Å². The molecule has 0 radical (unpaired) electrons. The Kier molecular flexibility index (Phi) is 3.74. The largest absolute Gasteiger partial charge is 0.489 e. The van der Waals surface area contributed by atoms with Crippen LogP contribution in [0.15, 0.2) is 12.1 Å². The highest BCUT2D eigenvalue weighted by molar-refractivity contribution is 5.60. The first-order valence-electron chi connectivity index (χ1n) is 4.95. The van der Waals surface area contributed by atoms with Gasteiger partial charge in [-0.05, 0) is 18.6 Å². The van der Waals surface area contributed by atoms with Gasteiger partial charge in [0.15, 0.2) is 5.82 Å². The summed E-state index contributed by atoms with van der Waals surface area (Å²) in [6.45, 7) is 7.02. The minimum absolute atomic E-state index is 0.202. The third-order valence-corrected chi connectivity index (χ3v) is 1.96. The molecular weight excluding hydrogens is 181 g/mol. The maximum atomic E-state index is 13.3. The third-order valence-electron chi connectivity index (χ3n) is 1.96. The number of halogens is 1. The molecule has 0 atom stereocenters. The van der Waals surface area contributed by atoms with Gasteiger partial charge in [0.2, 0.25) is 0 Å². The molecule has 1 aliphatic rings. The lowest BCUT2D eigenvalue weighted by Crippen LogP contribution is -2.19. The Hall–Kier alpha value is -1.25. The maximum absolute atomic E-state index is 13.3. The Bertz CT molecular complexity index is 312. The molecule has 3 heteroatoms. The molecule has 1 aromatic carbocycles. The van der Waals surface area contributed by atoms with Gasteiger partial charge in [-0.2, -0.15) is 0 Å².